The lowest BCUT2D eigenvalue weighted by molar-refractivity contribution is -0.00547. The zero-order chi connectivity index (χ0) is 20.4. The van der Waals surface area contributed by atoms with Crippen LogP contribution in [-0.4, -0.2) is 67.6 Å². The number of anilines is 2. The molecule has 0 spiro atoms. The first kappa shape index (κ1) is 19.9. The van der Waals surface area contributed by atoms with Crippen LogP contribution in [0.25, 0.3) is 0 Å². The van der Waals surface area contributed by atoms with Crippen LogP contribution in [0.1, 0.15) is 31.1 Å². The number of hydrogen-bond acceptors (Lipinski definition) is 8. The topological polar surface area (TPSA) is 72.0 Å². The molecular formula is C21H29N5O3. The van der Waals surface area contributed by atoms with Gasteiger partial charge in [-0.15, -0.1) is 0 Å². The fraction of sp³-hybridized carbons (Fsp3) is 0.524. The fourth-order valence-corrected chi connectivity index (χ4v) is 4.07. The van der Waals surface area contributed by atoms with Crippen LogP contribution in [0, 0.1) is 0 Å². The van der Waals surface area contributed by atoms with Crippen LogP contribution in [0.15, 0.2) is 30.6 Å². The minimum Gasteiger partial charge on any atom is -0.491 e. The minimum absolute atomic E-state index is 0.0198. The summed E-state index contributed by atoms with van der Waals surface area (Å²) in [5.41, 5.74) is 6.56. The molecule has 0 radical (unpaired) electrons. The van der Waals surface area contributed by atoms with Gasteiger partial charge < -0.3 is 24.5 Å². The number of methoxy groups -OCH3 is 1. The highest BCUT2D eigenvalue weighted by molar-refractivity contribution is 5.61. The second-order valence-electron chi connectivity index (χ2n) is 7.68. The van der Waals surface area contributed by atoms with Crippen LogP contribution >= 0.6 is 0 Å². The van der Waals surface area contributed by atoms with Crippen molar-refractivity contribution < 1.29 is 14.2 Å². The van der Waals surface area contributed by atoms with Crippen molar-refractivity contribution in [3.63, 3.8) is 0 Å². The van der Waals surface area contributed by atoms with Crippen molar-refractivity contribution in [1.29, 1.82) is 0 Å². The lowest BCUT2D eigenvalue weighted by Crippen LogP contribution is -2.46. The van der Waals surface area contributed by atoms with Gasteiger partial charge in [-0.25, -0.2) is 15.0 Å². The fourth-order valence-electron chi connectivity index (χ4n) is 4.07. The maximum atomic E-state index is 5.86. The highest BCUT2D eigenvalue weighted by Gasteiger charge is 2.31. The van der Waals surface area contributed by atoms with E-state index in [1.807, 2.05) is 19.2 Å². The smallest absolute Gasteiger partial charge is 0.132 e. The number of fused-ring (bicyclic) bond motifs is 1. The summed E-state index contributed by atoms with van der Waals surface area (Å²) in [4.78, 5) is 11.4. The number of hydrogen-bond donors (Lipinski definition) is 1. The number of ether oxygens (including phenoxy) is 3. The van der Waals surface area contributed by atoms with Gasteiger partial charge in [0.25, 0.3) is 0 Å². The van der Waals surface area contributed by atoms with Gasteiger partial charge in [-0.2, -0.15) is 0 Å². The maximum Gasteiger partial charge on any atom is 0.132 e. The van der Waals surface area contributed by atoms with E-state index in [-0.39, 0.29) is 18.2 Å². The maximum absolute atomic E-state index is 5.86. The number of rotatable bonds is 6. The molecule has 0 saturated carbocycles. The summed E-state index contributed by atoms with van der Waals surface area (Å²) >= 11 is 0. The van der Waals surface area contributed by atoms with Gasteiger partial charge in [-0.05, 0) is 32.0 Å². The second kappa shape index (κ2) is 8.52. The van der Waals surface area contributed by atoms with Crippen LogP contribution in [0.2, 0.25) is 0 Å². The molecule has 29 heavy (non-hydrogen) atoms. The molecule has 3 atom stereocenters. The zero-order valence-electron chi connectivity index (χ0n) is 17.5. The summed E-state index contributed by atoms with van der Waals surface area (Å²) in [6.45, 7) is 6.93. The van der Waals surface area contributed by atoms with Crippen LogP contribution in [0.5, 0.6) is 5.75 Å². The van der Waals surface area contributed by atoms with Gasteiger partial charge in [0.1, 0.15) is 24.5 Å². The minimum atomic E-state index is -0.0198. The lowest BCUT2D eigenvalue weighted by Gasteiger charge is -2.36. The third-order valence-electron chi connectivity index (χ3n) is 5.26. The first-order valence-corrected chi connectivity index (χ1v) is 10.0. The summed E-state index contributed by atoms with van der Waals surface area (Å²) < 4.78 is 16.7. The van der Waals surface area contributed by atoms with Crippen molar-refractivity contribution in [2.75, 3.05) is 50.8 Å². The number of hydrazine groups is 1. The molecule has 156 valence electrons. The number of nitrogens with one attached hydrogen (secondary N) is 1. The van der Waals surface area contributed by atoms with Gasteiger partial charge in [0.15, 0.2) is 0 Å². The Morgan fingerprint density at radius 1 is 1.14 bits per heavy atom. The molecule has 1 N–H and O–H groups in total. The Hall–Kier alpha value is -2.42. The van der Waals surface area contributed by atoms with E-state index in [1.165, 1.54) is 0 Å². The third kappa shape index (κ3) is 4.29. The Morgan fingerprint density at radius 3 is 2.69 bits per heavy atom. The van der Waals surface area contributed by atoms with Crippen molar-refractivity contribution in [1.82, 2.24) is 15.0 Å². The standard InChI is InChI=1S/C21H29N5O3/c1-14-11-26(12-15(2)29-14)20-10-19(22-13-23-20)21-17-9-16(28-8-7-27-4)5-6-18(17)24-25(21)3/h5-6,9-10,13-15,21,24H,7-8,11-12H2,1-4H3/t14-,15+,21?. The van der Waals surface area contributed by atoms with Gasteiger partial charge in [-0.1, -0.05) is 0 Å². The molecule has 8 heteroatoms. The van der Waals surface area contributed by atoms with Crippen molar-refractivity contribution in [2.45, 2.75) is 32.1 Å². The molecular weight excluding hydrogens is 370 g/mol. The van der Waals surface area contributed by atoms with Crippen molar-refractivity contribution in [3.05, 3.63) is 41.9 Å². The van der Waals surface area contributed by atoms with E-state index in [4.69, 9.17) is 14.2 Å². The second-order valence-corrected chi connectivity index (χ2v) is 7.68. The zero-order valence-corrected chi connectivity index (χ0v) is 17.5. The molecule has 2 aromatic rings. The van der Waals surface area contributed by atoms with Gasteiger partial charge in [0, 0.05) is 38.9 Å². The van der Waals surface area contributed by atoms with E-state index < -0.39 is 0 Å². The lowest BCUT2D eigenvalue weighted by atomic mass is 10.0. The largest absolute Gasteiger partial charge is 0.491 e. The quantitative estimate of drug-likeness (QED) is 0.743. The van der Waals surface area contributed by atoms with E-state index in [0.717, 1.165) is 41.6 Å². The van der Waals surface area contributed by atoms with Crippen LogP contribution < -0.4 is 15.1 Å². The summed E-state index contributed by atoms with van der Waals surface area (Å²) in [6, 6.07) is 8.16. The average molecular weight is 399 g/mol. The molecule has 8 nitrogen and oxygen atoms in total. The van der Waals surface area contributed by atoms with E-state index >= 15 is 0 Å². The Morgan fingerprint density at radius 2 is 1.93 bits per heavy atom. The monoisotopic (exact) mass is 399 g/mol. The van der Waals surface area contributed by atoms with E-state index in [2.05, 4.69) is 51.3 Å². The third-order valence-corrected chi connectivity index (χ3v) is 5.26. The van der Waals surface area contributed by atoms with Crippen molar-refractivity contribution in [3.8, 4) is 5.75 Å². The van der Waals surface area contributed by atoms with Crippen molar-refractivity contribution in [2.24, 2.45) is 0 Å². The molecule has 1 saturated heterocycles. The number of nitrogens with zero attached hydrogens (tertiary/aromatic N) is 4. The first-order chi connectivity index (χ1) is 14.0. The summed E-state index contributed by atoms with van der Waals surface area (Å²) in [5.74, 6) is 1.76. The van der Waals surface area contributed by atoms with E-state index in [1.54, 1.807) is 13.4 Å². The summed E-state index contributed by atoms with van der Waals surface area (Å²) in [5, 5.41) is 2.07. The van der Waals surface area contributed by atoms with Crippen molar-refractivity contribution >= 4 is 11.5 Å². The molecule has 1 fully saturated rings. The van der Waals surface area contributed by atoms with Gasteiger partial charge >= 0.3 is 0 Å². The highest BCUT2D eigenvalue weighted by Crippen LogP contribution is 2.40. The van der Waals surface area contributed by atoms with Gasteiger partial charge in [-0.3, -0.25) is 0 Å². The van der Waals surface area contributed by atoms with Gasteiger partial charge in [0.05, 0.1) is 36.2 Å². The molecule has 0 aliphatic carbocycles. The molecule has 2 aliphatic heterocycles. The summed E-state index contributed by atoms with van der Waals surface area (Å²) in [6.07, 6.45) is 2.02. The molecule has 1 aromatic carbocycles. The van der Waals surface area contributed by atoms with Crippen LogP contribution in [0.3, 0.4) is 0 Å². The van der Waals surface area contributed by atoms with E-state index in [9.17, 15) is 0 Å². The first-order valence-electron chi connectivity index (χ1n) is 10.0. The molecule has 1 aromatic heterocycles. The predicted octanol–water partition coefficient (Wildman–Crippen LogP) is 2.48. The SMILES string of the molecule is COCCOc1ccc2c(c1)C(c1cc(N3C[C@@H](C)O[C@@H](C)C3)ncn1)N(C)N2. The number of benzene rings is 1. The Labute approximate surface area is 171 Å². The molecule has 3 heterocycles. The van der Waals surface area contributed by atoms with Gasteiger partial charge in [0.2, 0.25) is 0 Å². The van der Waals surface area contributed by atoms with E-state index in [0.29, 0.717) is 13.2 Å². The van der Waals surface area contributed by atoms with Crippen LogP contribution in [0.4, 0.5) is 11.5 Å². The Balaban J connectivity index is 1.60. The normalized spacial score (nSPS) is 24.3. The highest BCUT2D eigenvalue weighted by atomic mass is 16.5. The predicted molar refractivity (Wildman–Crippen MR) is 111 cm³/mol. The molecule has 0 amide bonds. The molecule has 0 bridgehead atoms. The summed E-state index contributed by atoms with van der Waals surface area (Å²) in [7, 11) is 3.69. The number of morpholine rings is 1. The Bertz CT molecular complexity index is 839. The van der Waals surface area contributed by atoms with Crippen LogP contribution in [-0.2, 0) is 9.47 Å². The Kier molecular flexibility index (Phi) is 5.84. The molecule has 4 rings (SSSR count). The number of aromatic nitrogens is 2. The molecule has 1 unspecified atom stereocenters. The molecule has 2 aliphatic rings. The average Bonchev–Trinajstić information content (AvgIpc) is 3.02.